The van der Waals surface area contributed by atoms with E-state index < -0.39 is 10.8 Å². The quantitative estimate of drug-likeness (QED) is 0.214. The first kappa shape index (κ1) is 21.7. The van der Waals surface area contributed by atoms with Crippen molar-refractivity contribution >= 4 is 56.8 Å². The van der Waals surface area contributed by atoms with E-state index >= 15 is 0 Å². The first-order valence-electron chi connectivity index (χ1n) is 9.83. The van der Waals surface area contributed by atoms with Crippen LogP contribution in [0.4, 0.5) is 16.5 Å². The molecule has 0 aliphatic carbocycles. The number of non-ortho nitro benzene ring substituents is 1. The zero-order chi connectivity index (χ0) is 21.8. The Bertz CT molecular complexity index is 1060. The molecular weight excluding hydrogens is 454 g/mol. The number of nitrogens with one attached hydrogen (secondary N) is 1. The van der Waals surface area contributed by atoms with Gasteiger partial charge in [-0.1, -0.05) is 36.1 Å². The number of thioether (sulfide) groups is 1. The van der Waals surface area contributed by atoms with Crippen LogP contribution in [-0.2, 0) is 5.75 Å². The van der Waals surface area contributed by atoms with E-state index in [0.29, 0.717) is 16.7 Å². The van der Waals surface area contributed by atoms with Crippen LogP contribution < -0.4 is 10.2 Å². The Kier molecular flexibility index (Phi) is 6.83. The lowest BCUT2D eigenvalue weighted by Crippen LogP contribution is -2.34. The number of nitro groups is 1. The molecule has 1 saturated heterocycles. The van der Waals surface area contributed by atoms with E-state index in [1.54, 1.807) is 29.2 Å². The Morgan fingerprint density at radius 2 is 2.13 bits per heavy atom. The number of carbonyl (C=O) groups excluding carboxylic acids is 1. The molecule has 8 nitrogen and oxygen atoms in total. The highest BCUT2D eigenvalue weighted by Gasteiger charge is 2.24. The molecule has 1 N–H and O–H groups in total. The fourth-order valence-electron chi connectivity index (χ4n) is 3.36. The molecule has 3 heterocycles. The van der Waals surface area contributed by atoms with Crippen LogP contribution in [0, 0.1) is 16.0 Å². The van der Waals surface area contributed by atoms with Crippen LogP contribution in [0.2, 0.25) is 0 Å². The second-order valence-electron chi connectivity index (χ2n) is 7.32. The summed E-state index contributed by atoms with van der Waals surface area (Å²) in [5.74, 6) is 1.02. The normalized spacial score (nSPS) is 14.5. The predicted molar refractivity (Wildman–Crippen MR) is 125 cm³/mol. The van der Waals surface area contributed by atoms with E-state index in [1.165, 1.54) is 28.3 Å². The number of benzene rings is 1. The van der Waals surface area contributed by atoms with Crippen LogP contribution in [0.5, 0.6) is 0 Å². The van der Waals surface area contributed by atoms with E-state index in [0.717, 1.165) is 36.0 Å². The number of nitro benzene ring substituents is 1. The highest BCUT2D eigenvalue weighted by molar-refractivity contribution is 8.00. The number of piperidine rings is 1. The summed E-state index contributed by atoms with van der Waals surface area (Å²) in [7, 11) is 0. The average molecular weight is 476 g/mol. The fourth-order valence-corrected chi connectivity index (χ4v) is 5.88. The van der Waals surface area contributed by atoms with Gasteiger partial charge in [0.05, 0.1) is 16.2 Å². The molecule has 162 valence electrons. The van der Waals surface area contributed by atoms with E-state index in [1.807, 2.05) is 11.4 Å². The van der Waals surface area contributed by atoms with Crippen molar-refractivity contribution in [3.05, 3.63) is 56.3 Å². The number of carbonyl (C=O) groups is 1. The standard InChI is InChI=1S/C20H21N5O3S3/c1-13-6-8-24(9-7-13)17-5-4-14(25(27)28)11-16(17)18(26)21-19-22-23-20(31-19)30-12-15-3-2-10-29-15/h2-5,10-11,13H,6-9,12H2,1H3,(H,21,22,26). The first-order chi connectivity index (χ1) is 15.0. The number of rotatable bonds is 7. The van der Waals surface area contributed by atoms with Crippen LogP contribution >= 0.6 is 34.4 Å². The van der Waals surface area contributed by atoms with Crippen LogP contribution in [0.15, 0.2) is 40.1 Å². The van der Waals surface area contributed by atoms with Crippen molar-refractivity contribution in [2.45, 2.75) is 29.9 Å². The summed E-state index contributed by atoms with van der Waals surface area (Å²) in [6, 6.07) is 8.54. The number of hydrogen-bond donors (Lipinski definition) is 1. The Labute approximate surface area is 191 Å². The van der Waals surface area contributed by atoms with Crippen molar-refractivity contribution in [3.63, 3.8) is 0 Å². The first-order valence-corrected chi connectivity index (χ1v) is 12.5. The molecule has 1 amide bonds. The topological polar surface area (TPSA) is 101 Å². The van der Waals surface area contributed by atoms with Gasteiger partial charge in [0.1, 0.15) is 0 Å². The molecule has 1 aliphatic heterocycles. The van der Waals surface area contributed by atoms with Crippen LogP contribution in [0.1, 0.15) is 35.0 Å². The van der Waals surface area contributed by atoms with Crippen LogP contribution in [-0.4, -0.2) is 34.1 Å². The molecule has 0 unspecified atom stereocenters. The van der Waals surface area contributed by atoms with Gasteiger partial charge in [0.2, 0.25) is 5.13 Å². The van der Waals surface area contributed by atoms with Crippen molar-refractivity contribution in [2.24, 2.45) is 5.92 Å². The molecular formula is C20H21N5O3S3. The van der Waals surface area contributed by atoms with Gasteiger partial charge < -0.3 is 4.90 Å². The predicted octanol–water partition coefficient (Wildman–Crippen LogP) is 5.29. The molecule has 31 heavy (non-hydrogen) atoms. The van der Waals surface area contributed by atoms with Gasteiger partial charge >= 0.3 is 0 Å². The largest absolute Gasteiger partial charge is 0.371 e. The van der Waals surface area contributed by atoms with Gasteiger partial charge in [-0.15, -0.1) is 21.5 Å². The lowest BCUT2D eigenvalue weighted by atomic mass is 9.98. The minimum Gasteiger partial charge on any atom is -0.371 e. The summed E-state index contributed by atoms with van der Waals surface area (Å²) in [5, 5.41) is 24.6. The second kappa shape index (κ2) is 9.75. The third kappa shape index (κ3) is 5.41. The molecule has 1 aromatic carbocycles. The van der Waals surface area contributed by atoms with Crippen LogP contribution in [0.25, 0.3) is 0 Å². The van der Waals surface area contributed by atoms with Gasteiger partial charge in [-0.2, -0.15) is 0 Å². The lowest BCUT2D eigenvalue weighted by Gasteiger charge is -2.33. The summed E-state index contributed by atoms with van der Waals surface area (Å²) in [4.78, 5) is 27.2. The van der Waals surface area contributed by atoms with Gasteiger partial charge in [0, 0.05) is 35.9 Å². The number of amides is 1. The molecule has 0 radical (unpaired) electrons. The van der Waals surface area contributed by atoms with Crippen molar-refractivity contribution in [3.8, 4) is 0 Å². The Morgan fingerprint density at radius 1 is 1.32 bits per heavy atom. The van der Waals surface area contributed by atoms with Gasteiger partial charge in [-0.25, -0.2) is 0 Å². The molecule has 1 fully saturated rings. The van der Waals surface area contributed by atoms with Crippen LogP contribution in [0.3, 0.4) is 0 Å². The Hall–Kier alpha value is -2.50. The summed E-state index contributed by atoms with van der Waals surface area (Å²) >= 11 is 4.54. The number of nitrogens with zero attached hydrogens (tertiary/aromatic N) is 4. The maximum Gasteiger partial charge on any atom is 0.270 e. The van der Waals surface area contributed by atoms with Gasteiger partial charge in [-0.3, -0.25) is 20.2 Å². The smallest absolute Gasteiger partial charge is 0.270 e. The van der Waals surface area contributed by atoms with E-state index in [9.17, 15) is 14.9 Å². The van der Waals surface area contributed by atoms with Gasteiger partial charge in [0.15, 0.2) is 4.34 Å². The summed E-state index contributed by atoms with van der Waals surface area (Å²) in [5.41, 5.74) is 0.891. The highest BCUT2D eigenvalue weighted by atomic mass is 32.2. The molecule has 1 aliphatic rings. The number of hydrogen-bond acceptors (Lipinski definition) is 9. The molecule has 2 aromatic heterocycles. The SMILES string of the molecule is CC1CCN(c2ccc([N+](=O)[O-])cc2C(=O)Nc2nnc(SCc3cccs3)s2)CC1. The second-order valence-corrected chi connectivity index (χ2v) is 10.6. The number of thiophene rings is 1. The minimum atomic E-state index is -0.483. The third-order valence-electron chi connectivity index (χ3n) is 5.10. The summed E-state index contributed by atoms with van der Waals surface area (Å²) in [6.45, 7) is 3.85. The van der Waals surface area contributed by atoms with E-state index in [2.05, 4.69) is 33.4 Å². The number of anilines is 2. The Morgan fingerprint density at radius 3 is 2.84 bits per heavy atom. The van der Waals surface area contributed by atoms with Gasteiger partial charge in [0.25, 0.3) is 11.6 Å². The zero-order valence-corrected chi connectivity index (χ0v) is 19.3. The molecule has 4 rings (SSSR count). The average Bonchev–Trinajstić information content (AvgIpc) is 3.44. The summed E-state index contributed by atoms with van der Waals surface area (Å²) in [6.07, 6.45) is 2.05. The van der Waals surface area contributed by atoms with Crippen molar-refractivity contribution in [2.75, 3.05) is 23.3 Å². The fraction of sp³-hybridized carbons (Fsp3) is 0.350. The lowest BCUT2D eigenvalue weighted by molar-refractivity contribution is -0.384. The minimum absolute atomic E-state index is 0.108. The van der Waals surface area contributed by atoms with E-state index in [4.69, 9.17) is 0 Å². The molecule has 0 spiro atoms. The Balaban J connectivity index is 1.50. The van der Waals surface area contributed by atoms with Crippen molar-refractivity contribution < 1.29 is 9.72 Å². The molecule has 0 saturated carbocycles. The third-order valence-corrected chi connectivity index (χ3v) is 8.18. The van der Waals surface area contributed by atoms with Crippen molar-refractivity contribution in [1.82, 2.24) is 10.2 Å². The maximum atomic E-state index is 13.0. The maximum absolute atomic E-state index is 13.0. The number of aromatic nitrogens is 2. The molecule has 11 heteroatoms. The van der Waals surface area contributed by atoms with Crippen molar-refractivity contribution in [1.29, 1.82) is 0 Å². The van der Waals surface area contributed by atoms with Gasteiger partial charge in [-0.05, 0) is 36.3 Å². The zero-order valence-electron chi connectivity index (χ0n) is 16.8. The molecule has 3 aromatic rings. The van der Waals surface area contributed by atoms with E-state index in [-0.39, 0.29) is 11.3 Å². The summed E-state index contributed by atoms with van der Waals surface area (Å²) < 4.78 is 0.757. The highest BCUT2D eigenvalue weighted by Crippen LogP contribution is 2.32. The molecule has 0 bridgehead atoms. The monoisotopic (exact) mass is 475 g/mol. The molecule has 0 atom stereocenters.